The van der Waals surface area contributed by atoms with Gasteiger partial charge in [0, 0.05) is 23.7 Å². The van der Waals surface area contributed by atoms with E-state index in [9.17, 15) is 4.79 Å². The fourth-order valence-corrected chi connectivity index (χ4v) is 4.11. The summed E-state index contributed by atoms with van der Waals surface area (Å²) in [5.74, 6) is -0.300. The van der Waals surface area contributed by atoms with Crippen LogP contribution < -0.4 is 11.1 Å². The number of aromatic nitrogens is 1. The highest BCUT2D eigenvalue weighted by Gasteiger charge is 2.21. The molecule has 1 unspecified atom stereocenters. The van der Waals surface area contributed by atoms with Crippen LogP contribution in [0.4, 0.5) is 5.69 Å². The largest absolute Gasteiger partial charge is 0.420 e. The number of aliphatic imine (C=N–C) groups is 1. The van der Waals surface area contributed by atoms with E-state index >= 15 is 0 Å². The van der Waals surface area contributed by atoms with Crippen molar-refractivity contribution in [3.8, 4) is 0 Å². The number of hydrogen-bond acceptors (Lipinski definition) is 4. The van der Waals surface area contributed by atoms with E-state index in [1.165, 1.54) is 0 Å². The van der Waals surface area contributed by atoms with Gasteiger partial charge in [-0.15, -0.1) is 0 Å². The van der Waals surface area contributed by atoms with Crippen LogP contribution in [0.2, 0.25) is 0 Å². The lowest BCUT2D eigenvalue weighted by atomic mass is 10.0. The van der Waals surface area contributed by atoms with E-state index in [0.29, 0.717) is 5.58 Å². The fraction of sp³-hybridized carbons (Fsp3) is 0.200. The molecule has 0 aliphatic carbocycles. The maximum Gasteiger partial charge on any atom is 0.420 e. The van der Waals surface area contributed by atoms with Crippen molar-refractivity contribution >= 4 is 22.5 Å². The molecule has 1 saturated heterocycles. The maximum absolute atomic E-state index is 12.5. The van der Waals surface area contributed by atoms with Crippen molar-refractivity contribution < 1.29 is 4.42 Å². The molecule has 0 bridgehead atoms. The summed E-state index contributed by atoms with van der Waals surface area (Å²) >= 11 is 0. The Morgan fingerprint density at radius 1 is 0.967 bits per heavy atom. The number of oxazole rings is 1. The van der Waals surface area contributed by atoms with Gasteiger partial charge >= 0.3 is 5.76 Å². The van der Waals surface area contributed by atoms with Crippen molar-refractivity contribution in [3.05, 3.63) is 101 Å². The molecule has 4 aromatic rings. The summed E-state index contributed by atoms with van der Waals surface area (Å²) < 4.78 is 7.38. The van der Waals surface area contributed by atoms with Gasteiger partial charge < -0.3 is 9.73 Å². The van der Waals surface area contributed by atoms with E-state index in [1.54, 1.807) is 4.57 Å². The molecular formula is C25H23N3O2. The molecule has 1 N–H and O–H groups in total. The predicted molar refractivity (Wildman–Crippen MR) is 120 cm³/mol. The molecule has 3 aromatic carbocycles. The standard InChI is InChI=1S/C25H23N3O2/c29-25-28(21-12-7-15-26-17-21)22-14-13-20(16-23(22)30-25)27-24(18-8-3-1-4-9-18)19-10-5-2-6-11-19/h1-6,8-11,13-14,16,21,26H,7,12,15,17H2. The number of fused-ring (bicyclic) bond motifs is 1. The molecule has 0 amide bonds. The first-order valence-electron chi connectivity index (χ1n) is 10.3. The number of rotatable bonds is 4. The van der Waals surface area contributed by atoms with E-state index in [-0.39, 0.29) is 11.8 Å². The van der Waals surface area contributed by atoms with Crippen molar-refractivity contribution in [2.75, 3.05) is 13.1 Å². The van der Waals surface area contributed by atoms with Gasteiger partial charge in [-0.2, -0.15) is 0 Å². The minimum Gasteiger partial charge on any atom is -0.408 e. The third-order valence-electron chi connectivity index (χ3n) is 5.57. The molecule has 2 heterocycles. The van der Waals surface area contributed by atoms with Crippen LogP contribution in [0.25, 0.3) is 11.1 Å². The van der Waals surface area contributed by atoms with Crippen molar-refractivity contribution in [1.29, 1.82) is 0 Å². The molecule has 1 aliphatic rings. The minimum absolute atomic E-state index is 0.131. The number of benzene rings is 3. The van der Waals surface area contributed by atoms with Crippen LogP contribution in [-0.4, -0.2) is 23.4 Å². The number of piperidine rings is 1. The minimum atomic E-state index is -0.300. The molecule has 5 nitrogen and oxygen atoms in total. The molecule has 1 atom stereocenters. The van der Waals surface area contributed by atoms with Crippen molar-refractivity contribution in [2.24, 2.45) is 4.99 Å². The van der Waals surface area contributed by atoms with Crippen LogP contribution in [0.15, 0.2) is 93.1 Å². The number of nitrogens with zero attached hydrogens (tertiary/aromatic N) is 2. The summed E-state index contributed by atoms with van der Waals surface area (Å²) in [4.78, 5) is 17.5. The van der Waals surface area contributed by atoms with Crippen LogP contribution in [0.3, 0.4) is 0 Å². The van der Waals surface area contributed by atoms with Crippen molar-refractivity contribution in [3.63, 3.8) is 0 Å². The molecule has 0 spiro atoms. The van der Waals surface area contributed by atoms with Gasteiger partial charge in [-0.3, -0.25) is 4.57 Å². The Balaban J connectivity index is 1.59. The molecule has 30 heavy (non-hydrogen) atoms. The number of hydrogen-bond donors (Lipinski definition) is 1. The summed E-state index contributed by atoms with van der Waals surface area (Å²) in [5.41, 5.74) is 5.12. The summed E-state index contributed by atoms with van der Waals surface area (Å²) in [6, 6.07) is 26.1. The molecular weight excluding hydrogens is 374 g/mol. The zero-order chi connectivity index (χ0) is 20.3. The second-order valence-corrected chi connectivity index (χ2v) is 7.58. The lowest BCUT2D eigenvalue weighted by Crippen LogP contribution is -2.35. The molecule has 150 valence electrons. The zero-order valence-electron chi connectivity index (χ0n) is 16.6. The monoisotopic (exact) mass is 397 g/mol. The summed E-state index contributed by atoms with van der Waals surface area (Å²) in [6.07, 6.45) is 2.04. The van der Waals surface area contributed by atoms with Gasteiger partial charge in [0.2, 0.25) is 0 Å². The Labute approximate surface area is 174 Å². The molecule has 1 aliphatic heterocycles. The first-order valence-corrected chi connectivity index (χ1v) is 10.3. The second kappa shape index (κ2) is 8.13. The highest BCUT2D eigenvalue weighted by atomic mass is 16.4. The van der Waals surface area contributed by atoms with Crippen LogP contribution in [-0.2, 0) is 0 Å². The van der Waals surface area contributed by atoms with Gasteiger partial charge in [-0.05, 0) is 31.5 Å². The Hall–Kier alpha value is -3.44. The molecule has 0 saturated carbocycles. The van der Waals surface area contributed by atoms with E-state index in [4.69, 9.17) is 9.41 Å². The lowest BCUT2D eigenvalue weighted by Gasteiger charge is -2.23. The summed E-state index contributed by atoms with van der Waals surface area (Å²) in [5, 5.41) is 3.37. The third-order valence-corrected chi connectivity index (χ3v) is 5.57. The van der Waals surface area contributed by atoms with Crippen LogP contribution in [0, 0.1) is 0 Å². The molecule has 1 aromatic heterocycles. The van der Waals surface area contributed by atoms with Gasteiger partial charge in [0.25, 0.3) is 0 Å². The van der Waals surface area contributed by atoms with Gasteiger partial charge in [0.05, 0.1) is 23.0 Å². The average Bonchev–Trinajstić information content (AvgIpc) is 3.14. The first kappa shape index (κ1) is 18.6. The molecule has 5 rings (SSSR count). The zero-order valence-corrected chi connectivity index (χ0v) is 16.6. The Morgan fingerprint density at radius 3 is 2.30 bits per heavy atom. The van der Waals surface area contributed by atoms with Gasteiger partial charge in [0.15, 0.2) is 5.58 Å². The normalized spacial score (nSPS) is 16.5. The fourth-order valence-electron chi connectivity index (χ4n) is 4.11. The van der Waals surface area contributed by atoms with Crippen molar-refractivity contribution in [1.82, 2.24) is 9.88 Å². The smallest absolute Gasteiger partial charge is 0.408 e. The van der Waals surface area contributed by atoms with E-state index in [0.717, 1.165) is 54.0 Å². The Kier molecular flexibility index (Phi) is 5.03. The quantitative estimate of drug-likeness (QED) is 0.508. The molecule has 0 radical (unpaired) electrons. The summed E-state index contributed by atoms with van der Waals surface area (Å²) in [7, 11) is 0. The van der Waals surface area contributed by atoms with Gasteiger partial charge in [-0.25, -0.2) is 9.79 Å². The number of nitrogens with one attached hydrogen (secondary N) is 1. The van der Waals surface area contributed by atoms with E-state index in [2.05, 4.69) is 29.6 Å². The van der Waals surface area contributed by atoms with E-state index in [1.807, 2.05) is 54.6 Å². The Bertz CT molecular complexity index is 1190. The molecule has 1 fully saturated rings. The highest BCUT2D eigenvalue weighted by Crippen LogP contribution is 2.26. The van der Waals surface area contributed by atoms with Crippen LogP contribution >= 0.6 is 0 Å². The maximum atomic E-state index is 12.5. The predicted octanol–water partition coefficient (Wildman–Crippen LogP) is 4.69. The van der Waals surface area contributed by atoms with Crippen LogP contribution in [0.1, 0.15) is 30.0 Å². The van der Waals surface area contributed by atoms with Crippen molar-refractivity contribution in [2.45, 2.75) is 18.9 Å². The Morgan fingerprint density at radius 2 is 1.67 bits per heavy atom. The SMILES string of the molecule is O=c1oc2cc(N=C(c3ccccc3)c3ccccc3)ccc2n1C1CCCNC1. The summed E-state index contributed by atoms with van der Waals surface area (Å²) in [6.45, 7) is 1.79. The highest BCUT2D eigenvalue weighted by molar-refractivity contribution is 6.14. The lowest BCUT2D eigenvalue weighted by molar-refractivity contribution is 0.352. The van der Waals surface area contributed by atoms with Gasteiger partial charge in [-0.1, -0.05) is 60.7 Å². The first-order chi connectivity index (χ1) is 14.8. The topological polar surface area (TPSA) is 59.5 Å². The van der Waals surface area contributed by atoms with Gasteiger partial charge in [0.1, 0.15) is 0 Å². The van der Waals surface area contributed by atoms with Crippen LogP contribution in [0.5, 0.6) is 0 Å². The third kappa shape index (κ3) is 3.60. The second-order valence-electron chi connectivity index (χ2n) is 7.58. The molecule has 5 heteroatoms. The van der Waals surface area contributed by atoms with E-state index < -0.39 is 0 Å². The average molecular weight is 397 g/mol.